The molecule has 1 heterocycles. The monoisotopic (exact) mass is 351 g/mol. The molecule has 4 nitrogen and oxygen atoms in total. The Morgan fingerprint density at radius 3 is 2.46 bits per heavy atom. The summed E-state index contributed by atoms with van der Waals surface area (Å²) in [7, 11) is 1.71. The fourth-order valence-electron chi connectivity index (χ4n) is 3.35. The molecule has 0 aromatic heterocycles. The van der Waals surface area contributed by atoms with Crippen LogP contribution in [-0.2, 0) is 0 Å². The van der Waals surface area contributed by atoms with E-state index in [9.17, 15) is 4.79 Å². The van der Waals surface area contributed by atoms with Gasteiger partial charge in [0.2, 0.25) is 0 Å². The second-order valence-electron chi connectivity index (χ2n) is 6.69. The molecule has 0 bridgehead atoms. The maximum atomic E-state index is 11.4. The van der Waals surface area contributed by atoms with Crippen LogP contribution in [-0.4, -0.2) is 45.6 Å². The number of rotatable bonds is 6. The van der Waals surface area contributed by atoms with E-state index in [4.69, 9.17) is 4.74 Å². The van der Waals surface area contributed by atoms with Crippen molar-refractivity contribution in [3.63, 3.8) is 0 Å². The lowest BCUT2D eigenvalue weighted by atomic mass is 10.1. The number of methoxy groups -OCH3 is 1. The van der Waals surface area contributed by atoms with Gasteiger partial charge in [0.05, 0.1) is 39.8 Å². The largest absolute Gasteiger partial charge is 0.496 e. The summed E-state index contributed by atoms with van der Waals surface area (Å²) in [6, 6.07) is 16.1. The number of ketones is 1. The lowest BCUT2D eigenvalue weighted by Crippen LogP contribution is -3.14. The molecule has 26 heavy (non-hydrogen) atoms. The highest BCUT2D eigenvalue weighted by Gasteiger charge is 2.19. The predicted octanol–water partition coefficient (Wildman–Crippen LogP) is 2.32. The number of para-hydroxylation sites is 1. The highest BCUT2D eigenvalue weighted by molar-refractivity contribution is 5.94. The van der Waals surface area contributed by atoms with Crippen LogP contribution in [0.2, 0.25) is 0 Å². The summed E-state index contributed by atoms with van der Waals surface area (Å²) in [5, 5.41) is 0. The molecule has 2 aromatic rings. The standard InChI is InChI=1S/C22H26N2O2/c1-18(25)19-9-11-21(12-10-19)24-16-14-23(15-17-24)13-5-7-20-6-3-4-8-22(20)26-2/h3-12H,13-17H2,1-2H3/p+1/b7-5+. The Kier molecular flexibility index (Phi) is 6.08. The summed E-state index contributed by atoms with van der Waals surface area (Å²) < 4.78 is 5.39. The van der Waals surface area contributed by atoms with E-state index in [2.05, 4.69) is 35.3 Å². The molecule has 0 radical (unpaired) electrons. The van der Waals surface area contributed by atoms with Crippen LogP contribution in [0.5, 0.6) is 5.75 Å². The highest BCUT2D eigenvalue weighted by Crippen LogP contribution is 2.18. The van der Waals surface area contributed by atoms with Crippen LogP contribution >= 0.6 is 0 Å². The van der Waals surface area contributed by atoms with Crippen molar-refractivity contribution in [3.05, 3.63) is 65.7 Å². The topological polar surface area (TPSA) is 34.0 Å². The summed E-state index contributed by atoms with van der Waals surface area (Å²) in [6.45, 7) is 6.94. The molecule has 1 saturated heterocycles. The minimum Gasteiger partial charge on any atom is -0.496 e. The number of quaternary nitrogens is 1. The van der Waals surface area contributed by atoms with Crippen molar-refractivity contribution in [3.8, 4) is 5.75 Å². The molecule has 0 atom stereocenters. The summed E-state index contributed by atoms with van der Waals surface area (Å²) >= 11 is 0. The molecule has 1 aliphatic heterocycles. The van der Waals surface area contributed by atoms with E-state index in [0.29, 0.717) is 0 Å². The van der Waals surface area contributed by atoms with Crippen LogP contribution in [0.3, 0.4) is 0 Å². The van der Waals surface area contributed by atoms with E-state index in [1.165, 1.54) is 5.69 Å². The Morgan fingerprint density at radius 2 is 1.81 bits per heavy atom. The molecule has 1 aliphatic rings. The van der Waals surface area contributed by atoms with Crippen molar-refractivity contribution < 1.29 is 14.4 Å². The molecule has 0 unspecified atom stereocenters. The molecule has 0 amide bonds. The number of ether oxygens (including phenoxy) is 1. The normalized spacial score (nSPS) is 15.4. The average Bonchev–Trinajstić information content (AvgIpc) is 2.69. The number of Topliss-reactive ketones (excluding diaryl/α,β-unsaturated/α-hetero) is 1. The second kappa shape index (κ2) is 8.68. The van der Waals surface area contributed by atoms with Gasteiger partial charge in [-0.05, 0) is 49.4 Å². The average molecular weight is 351 g/mol. The van der Waals surface area contributed by atoms with Crippen molar-refractivity contribution in [1.29, 1.82) is 0 Å². The Labute approximate surface area is 155 Å². The maximum absolute atomic E-state index is 11.4. The Balaban J connectivity index is 1.50. The quantitative estimate of drug-likeness (QED) is 0.811. The number of carbonyl (C=O) groups excluding carboxylic acids is 1. The SMILES string of the molecule is COc1ccccc1/C=C/C[NH+]1CCN(c2ccc(C(C)=O)cc2)CC1. The molecule has 0 spiro atoms. The number of anilines is 1. The number of nitrogens with one attached hydrogen (secondary N) is 1. The van der Waals surface area contributed by atoms with E-state index in [1.54, 1.807) is 18.9 Å². The number of piperazine rings is 1. The minimum absolute atomic E-state index is 0.118. The smallest absolute Gasteiger partial charge is 0.159 e. The zero-order chi connectivity index (χ0) is 18.4. The maximum Gasteiger partial charge on any atom is 0.159 e. The van der Waals surface area contributed by atoms with E-state index in [-0.39, 0.29) is 5.78 Å². The molecule has 4 heteroatoms. The Morgan fingerprint density at radius 1 is 1.12 bits per heavy atom. The van der Waals surface area contributed by atoms with Gasteiger partial charge in [0.1, 0.15) is 5.75 Å². The predicted molar refractivity (Wildman–Crippen MR) is 106 cm³/mol. The van der Waals surface area contributed by atoms with Gasteiger partial charge in [-0.25, -0.2) is 0 Å². The first-order valence-corrected chi connectivity index (χ1v) is 9.16. The third-order valence-electron chi connectivity index (χ3n) is 4.95. The van der Waals surface area contributed by atoms with Crippen LogP contribution < -0.4 is 14.5 Å². The molecule has 136 valence electrons. The Hall–Kier alpha value is -2.59. The zero-order valence-electron chi connectivity index (χ0n) is 15.6. The fraction of sp³-hybridized carbons (Fsp3) is 0.318. The highest BCUT2D eigenvalue weighted by atomic mass is 16.5. The number of benzene rings is 2. The van der Waals surface area contributed by atoms with Gasteiger partial charge >= 0.3 is 0 Å². The van der Waals surface area contributed by atoms with Crippen LogP contribution in [0.25, 0.3) is 6.08 Å². The van der Waals surface area contributed by atoms with E-state index in [1.807, 2.05) is 30.3 Å². The number of nitrogens with zero attached hydrogens (tertiary/aromatic N) is 1. The van der Waals surface area contributed by atoms with Crippen LogP contribution in [0, 0.1) is 0 Å². The Bertz CT molecular complexity index is 760. The third-order valence-corrected chi connectivity index (χ3v) is 4.95. The van der Waals surface area contributed by atoms with Crippen LogP contribution in [0.1, 0.15) is 22.8 Å². The zero-order valence-corrected chi connectivity index (χ0v) is 15.6. The molecule has 3 rings (SSSR count). The first-order valence-electron chi connectivity index (χ1n) is 9.16. The summed E-state index contributed by atoms with van der Waals surface area (Å²) in [5.74, 6) is 1.03. The number of hydrogen-bond acceptors (Lipinski definition) is 3. The molecule has 1 fully saturated rings. The summed E-state index contributed by atoms with van der Waals surface area (Å²) in [5.41, 5.74) is 3.11. The number of hydrogen-bond donors (Lipinski definition) is 1. The molecule has 0 aliphatic carbocycles. The van der Waals surface area contributed by atoms with Crippen molar-refractivity contribution in [2.45, 2.75) is 6.92 Å². The van der Waals surface area contributed by atoms with Gasteiger partial charge in [-0.3, -0.25) is 4.79 Å². The molecular weight excluding hydrogens is 324 g/mol. The molecular formula is C22H27N2O2+. The van der Waals surface area contributed by atoms with Gasteiger partial charge in [-0.2, -0.15) is 0 Å². The first-order chi connectivity index (χ1) is 12.7. The fourth-order valence-corrected chi connectivity index (χ4v) is 3.35. The van der Waals surface area contributed by atoms with Crippen molar-refractivity contribution in [2.75, 3.05) is 44.7 Å². The number of carbonyl (C=O) groups is 1. The molecule has 2 aromatic carbocycles. The van der Waals surface area contributed by atoms with Crippen molar-refractivity contribution in [1.82, 2.24) is 0 Å². The third kappa shape index (κ3) is 4.52. The first kappa shape index (κ1) is 18.2. The van der Waals surface area contributed by atoms with E-state index in [0.717, 1.165) is 49.6 Å². The van der Waals surface area contributed by atoms with E-state index < -0.39 is 0 Å². The van der Waals surface area contributed by atoms with Gasteiger partial charge in [0.15, 0.2) is 5.78 Å². The lowest BCUT2D eigenvalue weighted by Gasteiger charge is -2.33. The summed E-state index contributed by atoms with van der Waals surface area (Å²) in [6.07, 6.45) is 4.39. The summed E-state index contributed by atoms with van der Waals surface area (Å²) in [4.78, 5) is 15.4. The molecule has 0 saturated carbocycles. The van der Waals surface area contributed by atoms with Gasteiger partial charge in [0, 0.05) is 16.8 Å². The minimum atomic E-state index is 0.118. The van der Waals surface area contributed by atoms with Crippen molar-refractivity contribution >= 4 is 17.5 Å². The van der Waals surface area contributed by atoms with Crippen LogP contribution in [0.4, 0.5) is 5.69 Å². The van der Waals surface area contributed by atoms with Gasteiger partial charge in [0.25, 0.3) is 0 Å². The van der Waals surface area contributed by atoms with E-state index >= 15 is 0 Å². The van der Waals surface area contributed by atoms with Gasteiger partial charge in [-0.1, -0.05) is 18.2 Å². The van der Waals surface area contributed by atoms with Gasteiger partial charge in [-0.15, -0.1) is 0 Å². The van der Waals surface area contributed by atoms with Crippen LogP contribution in [0.15, 0.2) is 54.6 Å². The molecule has 1 N–H and O–H groups in total. The second-order valence-corrected chi connectivity index (χ2v) is 6.69. The van der Waals surface area contributed by atoms with Gasteiger partial charge < -0.3 is 14.5 Å². The van der Waals surface area contributed by atoms with Crippen molar-refractivity contribution in [2.24, 2.45) is 0 Å². The lowest BCUT2D eigenvalue weighted by molar-refractivity contribution is -0.894.